The monoisotopic (exact) mass is 465 g/mol. The van der Waals surface area contributed by atoms with E-state index in [4.69, 9.17) is 0 Å². The molecule has 3 aromatic carbocycles. The fourth-order valence-corrected chi connectivity index (χ4v) is 4.54. The molecule has 0 spiro atoms. The summed E-state index contributed by atoms with van der Waals surface area (Å²) in [5, 5.41) is 5.59. The molecular formula is C25H27N3O4S. The molecule has 0 heterocycles. The average Bonchev–Trinajstić information content (AvgIpc) is 2.79. The Morgan fingerprint density at radius 3 is 2.27 bits per heavy atom. The lowest BCUT2D eigenvalue weighted by atomic mass is 10.1. The number of carbonyl (C=O) groups excluding carboxylic acids is 2. The fourth-order valence-electron chi connectivity index (χ4n) is 3.30. The van der Waals surface area contributed by atoms with Crippen LogP contribution in [0.3, 0.4) is 0 Å². The third kappa shape index (κ3) is 5.78. The van der Waals surface area contributed by atoms with E-state index in [1.165, 1.54) is 30.4 Å². The zero-order chi connectivity index (χ0) is 24.2. The Morgan fingerprint density at radius 2 is 1.61 bits per heavy atom. The normalized spacial score (nSPS) is 12.0. The van der Waals surface area contributed by atoms with E-state index >= 15 is 0 Å². The summed E-state index contributed by atoms with van der Waals surface area (Å²) >= 11 is 0. The van der Waals surface area contributed by atoms with Gasteiger partial charge in [0.25, 0.3) is 15.9 Å². The summed E-state index contributed by atoms with van der Waals surface area (Å²) in [7, 11) is -2.36. The van der Waals surface area contributed by atoms with E-state index in [9.17, 15) is 18.0 Å². The van der Waals surface area contributed by atoms with E-state index < -0.39 is 15.9 Å². The molecule has 0 saturated carbocycles. The van der Waals surface area contributed by atoms with Crippen LogP contribution in [0.25, 0.3) is 0 Å². The topological polar surface area (TPSA) is 95.6 Å². The number of nitrogens with zero attached hydrogens (tertiary/aromatic N) is 1. The van der Waals surface area contributed by atoms with Crippen LogP contribution in [0.5, 0.6) is 0 Å². The second kappa shape index (κ2) is 9.87. The third-order valence-corrected chi connectivity index (χ3v) is 6.99. The van der Waals surface area contributed by atoms with E-state index in [-0.39, 0.29) is 22.4 Å². The Kier molecular flexibility index (Phi) is 7.18. The SMILES string of the molecule is CC(=O)Nc1cccc(C(C)NC(=O)c2cccc(S(=O)(=O)N(C)c3ccc(C)cc3)c2)c1. The number of rotatable bonds is 7. The van der Waals surface area contributed by atoms with Gasteiger partial charge >= 0.3 is 0 Å². The molecule has 0 aliphatic carbocycles. The molecule has 3 rings (SSSR count). The van der Waals surface area contributed by atoms with Gasteiger partial charge in [-0.15, -0.1) is 0 Å². The summed E-state index contributed by atoms with van der Waals surface area (Å²) < 4.78 is 27.4. The third-order valence-electron chi connectivity index (χ3n) is 5.21. The molecular weight excluding hydrogens is 438 g/mol. The maximum Gasteiger partial charge on any atom is 0.264 e. The van der Waals surface area contributed by atoms with Crippen LogP contribution in [0, 0.1) is 6.92 Å². The first-order valence-electron chi connectivity index (χ1n) is 10.4. The molecule has 2 amide bonds. The Balaban J connectivity index is 1.79. The van der Waals surface area contributed by atoms with Gasteiger partial charge in [0, 0.05) is 25.2 Å². The van der Waals surface area contributed by atoms with Crippen LogP contribution in [-0.4, -0.2) is 27.3 Å². The highest BCUT2D eigenvalue weighted by atomic mass is 32.2. The smallest absolute Gasteiger partial charge is 0.264 e. The maximum absolute atomic E-state index is 13.1. The van der Waals surface area contributed by atoms with Crippen LogP contribution >= 0.6 is 0 Å². The first-order valence-corrected chi connectivity index (χ1v) is 11.9. The second-order valence-electron chi connectivity index (χ2n) is 7.84. The number of amides is 2. The molecule has 0 aliphatic heterocycles. The van der Waals surface area contributed by atoms with Crippen molar-refractivity contribution >= 4 is 33.2 Å². The minimum atomic E-state index is -3.85. The highest BCUT2D eigenvalue weighted by Crippen LogP contribution is 2.24. The molecule has 33 heavy (non-hydrogen) atoms. The minimum Gasteiger partial charge on any atom is -0.346 e. The highest BCUT2D eigenvalue weighted by Gasteiger charge is 2.23. The van der Waals surface area contributed by atoms with Crippen LogP contribution in [-0.2, 0) is 14.8 Å². The van der Waals surface area contributed by atoms with Crippen molar-refractivity contribution in [1.29, 1.82) is 0 Å². The van der Waals surface area contributed by atoms with Gasteiger partial charge in [0.1, 0.15) is 0 Å². The molecule has 0 bridgehead atoms. The molecule has 7 nitrogen and oxygen atoms in total. The van der Waals surface area contributed by atoms with E-state index in [1.807, 2.05) is 32.0 Å². The zero-order valence-corrected chi connectivity index (χ0v) is 19.8. The summed E-state index contributed by atoms with van der Waals surface area (Å²) in [6, 6.07) is 19.9. The van der Waals surface area contributed by atoms with Gasteiger partial charge in [-0.1, -0.05) is 35.9 Å². The van der Waals surface area contributed by atoms with Gasteiger partial charge in [0.05, 0.1) is 16.6 Å². The Hall–Kier alpha value is -3.65. The van der Waals surface area contributed by atoms with E-state index in [0.717, 1.165) is 11.1 Å². The number of anilines is 2. The molecule has 1 atom stereocenters. The van der Waals surface area contributed by atoms with Crippen molar-refractivity contribution in [3.05, 3.63) is 89.5 Å². The molecule has 0 aromatic heterocycles. The van der Waals surface area contributed by atoms with Gasteiger partial charge in [-0.2, -0.15) is 0 Å². The van der Waals surface area contributed by atoms with Crippen LogP contribution in [0.1, 0.15) is 41.4 Å². The number of hydrogen-bond donors (Lipinski definition) is 2. The van der Waals surface area contributed by atoms with Crippen molar-refractivity contribution < 1.29 is 18.0 Å². The van der Waals surface area contributed by atoms with Gasteiger partial charge in [-0.05, 0) is 61.9 Å². The number of benzene rings is 3. The van der Waals surface area contributed by atoms with Gasteiger partial charge in [0.2, 0.25) is 5.91 Å². The Labute approximate surface area is 194 Å². The first-order chi connectivity index (χ1) is 15.6. The van der Waals surface area contributed by atoms with Crippen molar-refractivity contribution in [2.75, 3.05) is 16.7 Å². The number of sulfonamides is 1. The van der Waals surface area contributed by atoms with E-state index in [1.54, 1.807) is 42.5 Å². The number of carbonyl (C=O) groups is 2. The Morgan fingerprint density at radius 1 is 0.939 bits per heavy atom. The first kappa shape index (κ1) is 24.0. The Bertz CT molecular complexity index is 1270. The molecule has 0 saturated heterocycles. The number of aryl methyl sites for hydroxylation is 1. The molecule has 1 unspecified atom stereocenters. The highest BCUT2D eigenvalue weighted by molar-refractivity contribution is 7.92. The largest absolute Gasteiger partial charge is 0.346 e. The quantitative estimate of drug-likeness (QED) is 0.545. The van der Waals surface area contributed by atoms with E-state index in [0.29, 0.717) is 11.4 Å². The summed E-state index contributed by atoms with van der Waals surface area (Å²) in [4.78, 5) is 24.2. The summed E-state index contributed by atoms with van der Waals surface area (Å²) in [6.45, 7) is 5.17. The van der Waals surface area contributed by atoms with Crippen molar-refractivity contribution in [1.82, 2.24) is 5.32 Å². The molecule has 3 aromatic rings. The maximum atomic E-state index is 13.1. The molecule has 2 N–H and O–H groups in total. The lowest BCUT2D eigenvalue weighted by Gasteiger charge is -2.20. The van der Waals surface area contributed by atoms with Crippen LogP contribution in [0.4, 0.5) is 11.4 Å². The lowest BCUT2D eigenvalue weighted by molar-refractivity contribution is -0.114. The number of nitrogens with one attached hydrogen (secondary N) is 2. The lowest BCUT2D eigenvalue weighted by Crippen LogP contribution is -2.28. The summed E-state index contributed by atoms with van der Waals surface area (Å²) in [5.74, 6) is -0.583. The van der Waals surface area contributed by atoms with Gasteiger partial charge in [0.15, 0.2) is 0 Å². The predicted molar refractivity (Wildman–Crippen MR) is 130 cm³/mol. The minimum absolute atomic E-state index is 0.0264. The fraction of sp³-hybridized carbons (Fsp3) is 0.200. The molecule has 0 fully saturated rings. The standard InChI is InChI=1S/C25H27N3O4S/c1-17-11-13-23(14-12-17)28(4)33(31,32)24-10-6-8-21(16-24)25(30)26-18(2)20-7-5-9-22(15-20)27-19(3)29/h5-16,18H,1-4H3,(H,26,30)(H,27,29). The summed E-state index contributed by atoms with van der Waals surface area (Å²) in [6.07, 6.45) is 0. The van der Waals surface area contributed by atoms with Gasteiger partial charge in [-0.3, -0.25) is 13.9 Å². The van der Waals surface area contributed by atoms with Crippen molar-refractivity contribution in [2.24, 2.45) is 0 Å². The molecule has 0 aliphatic rings. The predicted octanol–water partition coefficient (Wildman–Crippen LogP) is 4.27. The van der Waals surface area contributed by atoms with Crippen molar-refractivity contribution in [2.45, 2.75) is 31.7 Å². The van der Waals surface area contributed by atoms with Gasteiger partial charge < -0.3 is 10.6 Å². The van der Waals surface area contributed by atoms with Crippen LogP contribution in [0.2, 0.25) is 0 Å². The second-order valence-corrected chi connectivity index (χ2v) is 9.81. The average molecular weight is 466 g/mol. The molecule has 172 valence electrons. The molecule has 8 heteroatoms. The summed E-state index contributed by atoms with van der Waals surface area (Å²) in [5.41, 5.74) is 3.23. The van der Waals surface area contributed by atoms with Crippen LogP contribution < -0.4 is 14.9 Å². The molecule has 0 radical (unpaired) electrons. The number of hydrogen-bond acceptors (Lipinski definition) is 4. The van der Waals surface area contributed by atoms with Gasteiger partial charge in [-0.25, -0.2) is 8.42 Å². The van der Waals surface area contributed by atoms with Crippen molar-refractivity contribution in [3.63, 3.8) is 0 Å². The zero-order valence-electron chi connectivity index (χ0n) is 19.0. The van der Waals surface area contributed by atoms with Crippen LogP contribution in [0.15, 0.2) is 77.7 Å². The van der Waals surface area contributed by atoms with Crippen molar-refractivity contribution in [3.8, 4) is 0 Å². The van der Waals surface area contributed by atoms with E-state index in [2.05, 4.69) is 10.6 Å².